The molecule has 8 heteroatoms. The van der Waals surface area contributed by atoms with E-state index in [-0.39, 0.29) is 11.5 Å². The summed E-state index contributed by atoms with van der Waals surface area (Å²) in [4.78, 5) is 35.1. The molecule has 0 bridgehead atoms. The molecule has 7 atom stereocenters. The first kappa shape index (κ1) is 32.4. The number of quaternary nitrogens is 1. The second-order valence-electron chi connectivity index (χ2n) is 15.7. The molecular weight excluding hydrogens is 514 g/mol. The molecule has 4 rings (SSSR count). The topological polar surface area (TPSA) is 74.2 Å². The monoisotopic (exact) mass is 574 g/mol. The van der Waals surface area contributed by atoms with Gasteiger partial charge < -0.3 is 14.7 Å². The Bertz CT molecular complexity index is 961. The largest absolute Gasteiger partial charge is 0.436 e. The van der Waals surface area contributed by atoms with Crippen LogP contribution in [0.3, 0.4) is 0 Å². The minimum Gasteiger partial charge on any atom is -0.329 e. The lowest BCUT2D eigenvalue weighted by molar-refractivity contribution is -0.869. The fraction of sp³-hybridized carbons (Fsp3) is 0.909. The van der Waals surface area contributed by atoms with Crippen molar-refractivity contribution in [3.63, 3.8) is 0 Å². The summed E-state index contributed by atoms with van der Waals surface area (Å²) in [6.45, 7) is 11.8. The van der Waals surface area contributed by atoms with Crippen LogP contribution in [0, 0.1) is 40.4 Å². The van der Waals surface area contributed by atoms with Crippen molar-refractivity contribution in [2.75, 3.05) is 74.5 Å². The smallest absolute Gasteiger partial charge is 0.329 e. The predicted octanol–water partition coefficient (Wildman–Crippen LogP) is 4.89. The quantitative estimate of drug-likeness (QED) is 0.125. The number of carbonyl (C=O) groups is 2. The molecule has 4 aliphatic carbocycles. The summed E-state index contributed by atoms with van der Waals surface area (Å²) >= 11 is 0. The molecule has 234 valence electrons. The number of nitrogens with one attached hydrogen (secondary N) is 1. The highest BCUT2D eigenvalue weighted by atomic mass is 16.7. The summed E-state index contributed by atoms with van der Waals surface area (Å²) in [5.74, 6) is 3.67. The van der Waals surface area contributed by atoms with Crippen LogP contribution in [0.15, 0.2) is 5.16 Å². The number of ketones is 1. The van der Waals surface area contributed by atoms with Crippen molar-refractivity contribution in [3.05, 3.63) is 0 Å². The van der Waals surface area contributed by atoms with Gasteiger partial charge in [-0.15, -0.1) is 0 Å². The summed E-state index contributed by atoms with van der Waals surface area (Å²) in [6, 6.07) is 0. The van der Waals surface area contributed by atoms with E-state index in [0.29, 0.717) is 42.0 Å². The van der Waals surface area contributed by atoms with Gasteiger partial charge in [0.2, 0.25) is 0 Å². The molecule has 0 aromatic carbocycles. The molecule has 4 fully saturated rings. The lowest BCUT2D eigenvalue weighted by Crippen LogP contribution is -2.53. The highest BCUT2D eigenvalue weighted by Crippen LogP contribution is 2.67. The number of likely N-dealkylation sites (N-methyl/N-ethyl adjacent to an activating group) is 2. The minimum absolute atomic E-state index is 0.217. The van der Waals surface area contributed by atoms with E-state index in [2.05, 4.69) is 71.4 Å². The number of amides is 1. The van der Waals surface area contributed by atoms with Crippen molar-refractivity contribution in [2.45, 2.75) is 78.6 Å². The van der Waals surface area contributed by atoms with Crippen LogP contribution in [0.1, 0.15) is 78.6 Å². The number of oxime groups is 1. The average molecular weight is 575 g/mol. The maximum absolute atomic E-state index is 13.2. The maximum Gasteiger partial charge on any atom is 0.436 e. The zero-order valence-electron chi connectivity index (χ0n) is 27.5. The van der Waals surface area contributed by atoms with E-state index >= 15 is 0 Å². The van der Waals surface area contributed by atoms with Gasteiger partial charge in [0.1, 0.15) is 5.78 Å². The average Bonchev–Trinajstić information content (AvgIpc) is 3.25. The molecule has 4 saturated carbocycles. The molecule has 0 radical (unpaired) electrons. The van der Waals surface area contributed by atoms with E-state index in [9.17, 15) is 9.59 Å². The van der Waals surface area contributed by atoms with E-state index < -0.39 is 0 Å². The Hall–Kier alpha value is -1.51. The van der Waals surface area contributed by atoms with Crippen LogP contribution in [0.2, 0.25) is 0 Å². The van der Waals surface area contributed by atoms with Gasteiger partial charge in [-0.3, -0.25) is 14.5 Å². The molecule has 1 N–H and O–H groups in total. The van der Waals surface area contributed by atoms with Crippen molar-refractivity contribution in [1.29, 1.82) is 0 Å². The van der Waals surface area contributed by atoms with Gasteiger partial charge in [0.05, 0.1) is 39.9 Å². The van der Waals surface area contributed by atoms with Crippen LogP contribution >= 0.6 is 0 Å². The summed E-state index contributed by atoms with van der Waals surface area (Å²) in [5, 5.41) is 7.96. The van der Waals surface area contributed by atoms with E-state index in [1.54, 1.807) is 4.90 Å². The first-order valence-electron chi connectivity index (χ1n) is 16.4. The molecule has 0 aromatic rings. The molecule has 0 saturated heterocycles. The van der Waals surface area contributed by atoms with E-state index in [1.165, 1.54) is 32.1 Å². The molecule has 4 aliphatic rings. The third kappa shape index (κ3) is 7.35. The highest BCUT2D eigenvalue weighted by molar-refractivity contribution is 5.85. The Kier molecular flexibility index (Phi) is 10.3. The number of hydrogen-bond acceptors (Lipinski definition) is 6. The first-order valence-corrected chi connectivity index (χ1v) is 16.4. The summed E-state index contributed by atoms with van der Waals surface area (Å²) in [6.07, 6.45) is 9.73. The van der Waals surface area contributed by atoms with Gasteiger partial charge in [-0.25, -0.2) is 4.79 Å². The van der Waals surface area contributed by atoms with E-state index in [0.717, 1.165) is 73.9 Å². The molecule has 8 nitrogen and oxygen atoms in total. The van der Waals surface area contributed by atoms with Crippen molar-refractivity contribution in [1.82, 2.24) is 15.1 Å². The zero-order valence-corrected chi connectivity index (χ0v) is 27.5. The van der Waals surface area contributed by atoms with Crippen molar-refractivity contribution < 1.29 is 18.9 Å². The third-order valence-electron chi connectivity index (χ3n) is 11.8. The van der Waals surface area contributed by atoms with Gasteiger partial charge in [-0.2, -0.15) is 0 Å². The minimum atomic E-state index is -0.339. The SMILES string of the molecule is C/C(=N\OC(=O)N(CCNCCN(C)C)CC[N+](C)(C)C)[C@H]1CC[C@H]2[C@@H]3CC[C@@H]4CC(=O)CC[C@]4(C)[C@H]3CC[C@]12C. The number of fused-ring (bicyclic) bond motifs is 5. The van der Waals surface area contributed by atoms with Gasteiger partial charge in [0.25, 0.3) is 0 Å². The second kappa shape index (κ2) is 13.0. The van der Waals surface area contributed by atoms with Crippen LogP contribution in [0.5, 0.6) is 0 Å². The van der Waals surface area contributed by atoms with Gasteiger partial charge in [-0.1, -0.05) is 19.0 Å². The lowest BCUT2D eigenvalue weighted by Gasteiger charge is -2.60. The number of hydrogen-bond donors (Lipinski definition) is 1. The zero-order chi connectivity index (χ0) is 30.0. The third-order valence-corrected chi connectivity index (χ3v) is 11.8. The van der Waals surface area contributed by atoms with Crippen LogP contribution in [0.25, 0.3) is 0 Å². The Morgan fingerprint density at radius 2 is 1.68 bits per heavy atom. The molecule has 1 amide bonds. The number of nitrogens with zero attached hydrogens (tertiary/aromatic N) is 4. The van der Waals surface area contributed by atoms with Crippen LogP contribution in [-0.4, -0.2) is 106 Å². The van der Waals surface area contributed by atoms with Gasteiger partial charge >= 0.3 is 6.09 Å². The van der Waals surface area contributed by atoms with Gasteiger partial charge in [0.15, 0.2) is 0 Å². The van der Waals surface area contributed by atoms with E-state index in [1.807, 2.05) is 0 Å². The molecule has 0 aliphatic heterocycles. The Morgan fingerprint density at radius 3 is 2.39 bits per heavy atom. The summed E-state index contributed by atoms with van der Waals surface area (Å²) < 4.78 is 0.792. The Balaban J connectivity index is 1.38. The molecule has 41 heavy (non-hydrogen) atoms. The van der Waals surface area contributed by atoms with Crippen molar-refractivity contribution in [2.24, 2.45) is 45.6 Å². The number of carbonyl (C=O) groups excluding carboxylic acids is 2. The molecule has 0 aromatic heterocycles. The molecular formula is C33H60N5O3+. The predicted molar refractivity (Wildman–Crippen MR) is 166 cm³/mol. The van der Waals surface area contributed by atoms with Crippen LogP contribution in [-0.2, 0) is 9.63 Å². The summed E-state index contributed by atoms with van der Waals surface area (Å²) in [5.41, 5.74) is 1.54. The highest BCUT2D eigenvalue weighted by Gasteiger charge is 2.60. The van der Waals surface area contributed by atoms with Crippen molar-refractivity contribution in [3.8, 4) is 0 Å². The van der Waals surface area contributed by atoms with Crippen LogP contribution < -0.4 is 5.32 Å². The van der Waals surface area contributed by atoms with E-state index in [4.69, 9.17) is 4.84 Å². The second-order valence-corrected chi connectivity index (χ2v) is 15.7. The van der Waals surface area contributed by atoms with Gasteiger partial charge in [0, 0.05) is 44.9 Å². The fourth-order valence-electron chi connectivity index (χ4n) is 9.32. The Labute approximate surface area is 250 Å². The molecule has 0 heterocycles. The van der Waals surface area contributed by atoms with Crippen LogP contribution in [0.4, 0.5) is 4.79 Å². The van der Waals surface area contributed by atoms with Crippen molar-refractivity contribution >= 4 is 17.6 Å². The lowest BCUT2D eigenvalue weighted by atomic mass is 9.44. The molecule has 0 spiro atoms. The maximum atomic E-state index is 13.2. The molecule has 0 unspecified atom stereocenters. The Morgan fingerprint density at radius 1 is 0.976 bits per heavy atom. The van der Waals surface area contributed by atoms with Gasteiger partial charge in [-0.05, 0) is 100 Å². The standard InChI is InChI=1S/C33H60N5O3/c1-24(35-41-31(40)37(21-22-38(6,7)8)20-18-34-17-19-36(4)5)28-11-12-29-27-10-9-25-23-26(39)13-15-32(25,2)30(27)14-16-33(28,29)3/h25,27-30,34H,9-23H2,1-8H3/q+1/b35-24+/t25-,27+,28-,29+,30+,32+,33-/m1/s1. The summed E-state index contributed by atoms with van der Waals surface area (Å²) in [7, 11) is 10.6. The normalized spacial score (nSPS) is 35.6. The number of rotatable bonds is 11. The first-order chi connectivity index (χ1) is 19.2. The fourth-order valence-corrected chi connectivity index (χ4v) is 9.32. The number of Topliss-reactive ketones (excluding diaryl/α,β-unsaturated/α-hetero) is 1.